The molecular formula is C18H20Cl2N2O4S. The monoisotopic (exact) mass is 430 g/mol. The van der Waals surface area contributed by atoms with Crippen LogP contribution in [0.2, 0.25) is 10.0 Å². The SMILES string of the molecule is COc1ccc(Cl)cc1NC(=O)CN(C)CCS(=O)(=O)c1ccc(Cl)cc1. The molecule has 2 aromatic carbocycles. The molecular weight excluding hydrogens is 411 g/mol. The summed E-state index contributed by atoms with van der Waals surface area (Å²) in [5.74, 6) is 0.0708. The third-order valence-electron chi connectivity index (χ3n) is 3.76. The van der Waals surface area contributed by atoms with Gasteiger partial charge in [-0.2, -0.15) is 0 Å². The second-order valence-corrected chi connectivity index (χ2v) is 8.89. The largest absolute Gasteiger partial charge is 0.495 e. The number of methoxy groups -OCH3 is 1. The number of amides is 1. The Hall–Kier alpha value is -1.80. The number of nitrogens with zero attached hydrogens (tertiary/aromatic N) is 1. The summed E-state index contributed by atoms with van der Waals surface area (Å²) in [5, 5.41) is 3.65. The van der Waals surface area contributed by atoms with Crippen LogP contribution >= 0.6 is 23.2 Å². The summed E-state index contributed by atoms with van der Waals surface area (Å²) in [6.45, 7) is 0.219. The molecule has 6 nitrogen and oxygen atoms in total. The second-order valence-electron chi connectivity index (χ2n) is 5.90. The Morgan fingerprint density at radius 2 is 1.74 bits per heavy atom. The number of hydrogen-bond acceptors (Lipinski definition) is 5. The fraction of sp³-hybridized carbons (Fsp3) is 0.278. The minimum absolute atomic E-state index is 0.0196. The number of carbonyl (C=O) groups is 1. The summed E-state index contributed by atoms with van der Waals surface area (Å²) in [4.78, 5) is 14.0. The van der Waals surface area contributed by atoms with Gasteiger partial charge in [-0.25, -0.2) is 8.42 Å². The first-order chi connectivity index (χ1) is 12.7. The van der Waals surface area contributed by atoms with E-state index < -0.39 is 9.84 Å². The second kappa shape index (κ2) is 9.41. The zero-order valence-electron chi connectivity index (χ0n) is 14.9. The molecule has 0 spiro atoms. The molecule has 9 heteroatoms. The average Bonchev–Trinajstić information content (AvgIpc) is 2.60. The summed E-state index contributed by atoms with van der Waals surface area (Å²) in [5.41, 5.74) is 0.456. The molecule has 0 saturated carbocycles. The van der Waals surface area contributed by atoms with Gasteiger partial charge in [0.2, 0.25) is 5.91 Å². The summed E-state index contributed by atoms with van der Waals surface area (Å²) >= 11 is 11.7. The Bertz CT molecular complexity index is 902. The van der Waals surface area contributed by atoms with Crippen LogP contribution in [0.25, 0.3) is 0 Å². The summed E-state index contributed by atoms with van der Waals surface area (Å²) < 4.78 is 29.9. The van der Waals surface area contributed by atoms with E-state index in [1.807, 2.05) is 0 Å². The molecule has 0 atom stereocenters. The number of sulfone groups is 1. The summed E-state index contributed by atoms with van der Waals surface area (Å²) in [7, 11) is -0.287. The standard InChI is InChI=1S/C18H20Cl2N2O4S/c1-22(9-10-27(24,25)15-6-3-13(19)4-7-15)12-18(23)21-16-11-14(20)5-8-17(16)26-2/h3-8,11H,9-10,12H2,1-2H3,(H,21,23). The van der Waals surface area contributed by atoms with Gasteiger partial charge in [-0.15, -0.1) is 0 Å². The number of hydrogen-bond donors (Lipinski definition) is 1. The van der Waals surface area contributed by atoms with Gasteiger partial charge in [0.15, 0.2) is 9.84 Å². The maximum absolute atomic E-state index is 12.3. The highest BCUT2D eigenvalue weighted by Gasteiger charge is 2.17. The van der Waals surface area contributed by atoms with Gasteiger partial charge in [0.1, 0.15) is 5.75 Å². The molecule has 0 radical (unpaired) electrons. The van der Waals surface area contributed by atoms with Crippen molar-refractivity contribution in [2.75, 3.05) is 38.3 Å². The lowest BCUT2D eigenvalue weighted by atomic mass is 10.3. The van der Waals surface area contributed by atoms with Crippen molar-refractivity contribution in [1.82, 2.24) is 4.90 Å². The quantitative estimate of drug-likeness (QED) is 0.694. The topological polar surface area (TPSA) is 75.7 Å². The van der Waals surface area contributed by atoms with Crippen molar-refractivity contribution >= 4 is 44.6 Å². The Morgan fingerprint density at radius 1 is 1.11 bits per heavy atom. The van der Waals surface area contributed by atoms with E-state index in [4.69, 9.17) is 27.9 Å². The lowest BCUT2D eigenvalue weighted by molar-refractivity contribution is -0.117. The highest BCUT2D eigenvalue weighted by atomic mass is 35.5. The Balaban J connectivity index is 1.91. The van der Waals surface area contributed by atoms with Gasteiger partial charge < -0.3 is 10.1 Å². The van der Waals surface area contributed by atoms with Gasteiger partial charge >= 0.3 is 0 Å². The Kier molecular flexibility index (Phi) is 7.49. The first-order valence-corrected chi connectivity index (χ1v) is 10.4. The minimum atomic E-state index is -3.45. The van der Waals surface area contributed by atoms with Crippen LogP contribution in [0.1, 0.15) is 0 Å². The lowest BCUT2D eigenvalue weighted by Gasteiger charge is -2.17. The number of rotatable bonds is 8. The molecule has 0 unspecified atom stereocenters. The van der Waals surface area contributed by atoms with Crippen molar-refractivity contribution in [3.8, 4) is 5.75 Å². The van der Waals surface area contributed by atoms with Gasteiger partial charge in [-0.3, -0.25) is 9.69 Å². The highest BCUT2D eigenvalue weighted by Crippen LogP contribution is 2.27. The summed E-state index contributed by atoms with van der Waals surface area (Å²) in [6, 6.07) is 10.9. The van der Waals surface area contributed by atoms with Crippen LogP contribution in [0.4, 0.5) is 5.69 Å². The molecule has 0 aliphatic rings. The van der Waals surface area contributed by atoms with Crippen LogP contribution in [0.15, 0.2) is 47.4 Å². The highest BCUT2D eigenvalue weighted by molar-refractivity contribution is 7.91. The van der Waals surface area contributed by atoms with Crippen molar-refractivity contribution in [3.05, 3.63) is 52.5 Å². The van der Waals surface area contributed by atoms with E-state index in [2.05, 4.69) is 5.32 Å². The number of nitrogens with one attached hydrogen (secondary N) is 1. The first kappa shape index (κ1) is 21.5. The van der Waals surface area contributed by atoms with E-state index >= 15 is 0 Å². The molecule has 0 fully saturated rings. The molecule has 1 amide bonds. The third-order valence-corrected chi connectivity index (χ3v) is 5.96. The van der Waals surface area contributed by atoms with Gasteiger partial charge in [0, 0.05) is 16.6 Å². The van der Waals surface area contributed by atoms with Gasteiger partial charge in [-0.1, -0.05) is 23.2 Å². The number of likely N-dealkylation sites (N-methyl/N-ethyl adjacent to an activating group) is 1. The fourth-order valence-electron chi connectivity index (χ4n) is 2.33. The molecule has 0 bridgehead atoms. The van der Waals surface area contributed by atoms with Crippen molar-refractivity contribution in [2.24, 2.45) is 0 Å². The fourth-order valence-corrected chi connectivity index (χ4v) is 3.96. The van der Waals surface area contributed by atoms with E-state index in [0.717, 1.165) is 0 Å². The predicted molar refractivity (Wildman–Crippen MR) is 108 cm³/mol. The normalized spacial score (nSPS) is 11.4. The molecule has 0 heterocycles. The van der Waals surface area contributed by atoms with Crippen LogP contribution in [0.5, 0.6) is 5.75 Å². The summed E-state index contributed by atoms with van der Waals surface area (Å²) in [6.07, 6.45) is 0. The Labute approximate surface area is 168 Å². The third kappa shape index (κ3) is 6.39. The van der Waals surface area contributed by atoms with Crippen LogP contribution in [0.3, 0.4) is 0 Å². The van der Waals surface area contributed by atoms with Crippen LogP contribution in [0, 0.1) is 0 Å². The van der Waals surface area contributed by atoms with E-state index in [0.29, 0.717) is 21.5 Å². The molecule has 1 N–H and O–H groups in total. The van der Waals surface area contributed by atoms with Crippen molar-refractivity contribution in [1.29, 1.82) is 0 Å². The number of carbonyl (C=O) groups excluding carboxylic acids is 1. The zero-order valence-corrected chi connectivity index (χ0v) is 17.2. The van der Waals surface area contributed by atoms with Gasteiger partial charge in [0.25, 0.3) is 0 Å². The molecule has 0 aliphatic carbocycles. The molecule has 2 rings (SSSR count). The van der Waals surface area contributed by atoms with Crippen LogP contribution in [-0.4, -0.2) is 52.2 Å². The first-order valence-electron chi connectivity index (χ1n) is 8.01. The lowest BCUT2D eigenvalue weighted by Crippen LogP contribution is -2.33. The number of halogens is 2. The van der Waals surface area contributed by atoms with Crippen molar-refractivity contribution < 1.29 is 17.9 Å². The van der Waals surface area contributed by atoms with E-state index in [1.54, 1.807) is 30.1 Å². The number of ether oxygens (including phenoxy) is 1. The molecule has 27 heavy (non-hydrogen) atoms. The van der Waals surface area contributed by atoms with Crippen LogP contribution < -0.4 is 10.1 Å². The van der Waals surface area contributed by atoms with Gasteiger partial charge in [-0.05, 0) is 49.5 Å². The van der Waals surface area contributed by atoms with Crippen molar-refractivity contribution in [2.45, 2.75) is 4.90 Å². The molecule has 0 aromatic heterocycles. The smallest absolute Gasteiger partial charge is 0.238 e. The van der Waals surface area contributed by atoms with Crippen LogP contribution in [-0.2, 0) is 14.6 Å². The van der Waals surface area contributed by atoms with E-state index in [1.165, 1.54) is 31.4 Å². The van der Waals surface area contributed by atoms with E-state index in [9.17, 15) is 13.2 Å². The molecule has 0 aliphatic heterocycles. The average molecular weight is 431 g/mol. The number of anilines is 1. The van der Waals surface area contributed by atoms with Crippen molar-refractivity contribution in [3.63, 3.8) is 0 Å². The zero-order chi connectivity index (χ0) is 20.0. The predicted octanol–water partition coefficient (Wildman–Crippen LogP) is 3.35. The molecule has 2 aromatic rings. The Morgan fingerprint density at radius 3 is 2.37 bits per heavy atom. The van der Waals surface area contributed by atoms with E-state index in [-0.39, 0.29) is 29.6 Å². The van der Waals surface area contributed by atoms with Gasteiger partial charge in [0.05, 0.1) is 30.0 Å². The maximum Gasteiger partial charge on any atom is 0.238 e. The molecule has 0 saturated heterocycles. The minimum Gasteiger partial charge on any atom is -0.495 e. The molecule has 146 valence electrons. The number of benzene rings is 2. The maximum atomic E-state index is 12.3.